The number of carbonyl (C=O) groups is 2. The molecule has 2 atom stereocenters. The number of likely N-dealkylation sites (tertiary alicyclic amines) is 1. The van der Waals surface area contributed by atoms with Gasteiger partial charge in [0.2, 0.25) is 5.91 Å². The minimum absolute atomic E-state index is 0.0950. The van der Waals surface area contributed by atoms with Crippen LogP contribution in [0.15, 0.2) is 0 Å². The van der Waals surface area contributed by atoms with Crippen molar-refractivity contribution in [2.24, 2.45) is 11.7 Å². The number of fused-ring (bicyclic) bond motifs is 1. The van der Waals surface area contributed by atoms with Crippen LogP contribution in [0.2, 0.25) is 0 Å². The lowest BCUT2D eigenvalue weighted by atomic mass is 9.96. The number of alkyl halides is 3. The molecule has 2 amide bonds. The molecule has 0 radical (unpaired) electrons. The zero-order valence-corrected chi connectivity index (χ0v) is 15.3. The summed E-state index contributed by atoms with van der Waals surface area (Å²) in [6, 6.07) is -0.710. The van der Waals surface area contributed by atoms with E-state index in [-0.39, 0.29) is 13.0 Å². The van der Waals surface area contributed by atoms with Crippen LogP contribution in [0.4, 0.5) is 18.2 Å². The second-order valence-electron chi connectivity index (χ2n) is 6.97. The summed E-state index contributed by atoms with van der Waals surface area (Å²) in [4.78, 5) is 27.0. The molecule has 1 saturated heterocycles. The number of hydrogen-bond acceptors (Lipinski definition) is 4. The summed E-state index contributed by atoms with van der Waals surface area (Å²) >= 11 is 1.34. The maximum Gasteiger partial charge on any atom is 0.393 e. The van der Waals surface area contributed by atoms with Crippen LogP contribution < -0.4 is 11.1 Å². The molecule has 5 nitrogen and oxygen atoms in total. The van der Waals surface area contributed by atoms with Gasteiger partial charge in [0, 0.05) is 11.4 Å². The molecule has 2 aliphatic rings. The monoisotopic (exact) mass is 389 g/mol. The van der Waals surface area contributed by atoms with Crippen molar-refractivity contribution in [1.29, 1.82) is 0 Å². The summed E-state index contributed by atoms with van der Waals surface area (Å²) in [5, 5.41) is 3.15. The number of hydrogen-bond donors (Lipinski definition) is 2. The molecule has 1 aliphatic heterocycles. The first-order valence-electron chi connectivity index (χ1n) is 8.74. The summed E-state index contributed by atoms with van der Waals surface area (Å²) in [6.45, 7) is 1.87. The third kappa shape index (κ3) is 3.73. The van der Waals surface area contributed by atoms with Gasteiger partial charge in [0.25, 0.3) is 5.91 Å². The van der Waals surface area contributed by atoms with Gasteiger partial charge in [0.1, 0.15) is 5.00 Å². The number of nitrogens with one attached hydrogen (secondary N) is 1. The molecule has 0 saturated carbocycles. The molecule has 1 aliphatic carbocycles. The number of carbonyl (C=O) groups excluding carboxylic acids is 2. The van der Waals surface area contributed by atoms with Gasteiger partial charge in [-0.3, -0.25) is 14.5 Å². The van der Waals surface area contributed by atoms with E-state index < -0.39 is 30.0 Å². The lowest BCUT2D eigenvalue weighted by Gasteiger charge is -2.36. The van der Waals surface area contributed by atoms with Crippen LogP contribution in [0.5, 0.6) is 0 Å². The molecule has 3 rings (SSSR count). The Hall–Kier alpha value is -1.61. The number of primary amides is 1. The van der Waals surface area contributed by atoms with E-state index in [1.165, 1.54) is 11.3 Å². The van der Waals surface area contributed by atoms with E-state index in [0.717, 1.165) is 29.7 Å². The Bertz CT molecular complexity index is 717. The summed E-state index contributed by atoms with van der Waals surface area (Å²) < 4.78 is 39.0. The van der Waals surface area contributed by atoms with Crippen LogP contribution in [-0.4, -0.2) is 42.0 Å². The maximum atomic E-state index is 13.0. The van der Waals surface area contributed by atoms with Crippen LogP contribution in [-0.2, 0) is 17.6 Å². The fourth-order valence-electron chi connectivity index (χ4n) is 3.76. The van der Waals surface area contributed by atoms with Gasteiger partial charge in [-0.05, 0) is 51.1 Å². The summed E-state index contributed by atoms with van der Waals surface area (Å²) in [6.07, 6.45) is -1.18. The number of piperidine rings is 1. The highest BCUT2D eigenvalue weighted by Gasteiger charge is 2.43. The van der Waals surface area contributed by atoms with Crippen LogP contribution in [0.1, 0.15) is 47.0 Å². The molecule has 0 aromatic carbocycles. The van der Waals surface area contributed by atoms with E-state index in [1.54, 1.807) is 11.8 Å². The predicted octanol–water partition coefficient (Wildman–Crippen LogP) is 2.94. The minimum Gasteiger partial charge on any atom is -0.365 e. The Morgan fingerprint density at radius 3 is 2.69 bits per heavy atom. The van der Waals surface area contributed by atoms with Crippen molar-refractivity contribution in [2.75, 3.05) is 18.4 Å². The van der Waals surface area contributed by atoms with Crippen molar-refractivity contribution in [3.63, 3.8) is 0 Å². The quantitative estimate of drug-likeness (QED) is 0.831. The molecular formula is C17H22F3N3O2S. The van der Waals surface area contributed by atoms with Crippen molar-refractivity contribution in [3.8, 4) is 0 Å². The van der Waals surface area contributed by atoms with E-state index in [4.69, 9.17) is 5.73 Å². The molecule has 1 aromatic heterocycles. The highest BCUT2D eigenvalue weighted by molar-refractivity contribution is 7.17. The molecule has 2 heterocycles. The first-order chi connectivity index (χ1) is 12.2. The second-order valence-corrected chi connectivity index (χ2v) is 8.07. The van der Waals surface area contributed by atoms with E-state index >= 15 is 0 Å². The number of nitrogens with two attached hydrogens (primary N) is 1. The third-order valence-electron chi connectivity index (χ3n) is 5.25. The summed E-state index contributed by atoms with van der Waals surface area (Å²) in [5.41, 5.74) is 6.73. The van der Waals surface area contributed by atoms with Gasteiger partial charge in [-0.25, -0.2) is 0 Å². The fraction of sp³-hybridized carbons (Fsp3) is 0.647. The highest BCUT2D eigenvalue weighted by Crippen LogP contribution is 2.39. The standard InChI is InChI=1S/C17H22F3N3O2S/c1-9(23-7-3-4-10(8-23)17(18,19)20)15(25)22-16-13(14(21)24)11-5-2-6-12(11)26-16/h9-10H,2-8H2,1H3,(H2,21,24)(H,22,25)/t9-,10-/m0/s1. The largest absolute Gasteiger partial charge is 0.393 e. The third-order valence-corrected chi connectivity index (χ3v) is 6.45. The van der Waals surface area contributed by atoms with Crippen LogP contribution in [0.3, 0.4) is 0 Å². The molecule has 0 bridgehead atoms. The number of halogens is 3. The Balaban J connectivity index is 1.71. The average Bonchev–Trinajstić information content (AvgIpc) is 3.13. The zero-order chi connectivity index (χ0) is 19.1. The Morgan fingerprint density at radius 2 is 2.04 bits per heavy atom. The molecule has 3 N–H and O–H groups in total. The molecule has 1 aromatic rings. The Labute approximate surface area is 153 Å². The van der Waals surface area contributed by atoms with Crippen LogP contribution in [0.25, 0.3) is 0 Å². The topological polar surface area (TPSA) is 75.4 Å². The first-order valence-corrected chi connectivity index (χ1v) is 9.56. The van der Waals surface area contributed by atoms with Gasteiger partial charge in [0.15, 0.2) is 0 Å². The van der Waals surface area contributed by atoms with Gasteiger partial charge in [-0.1, -0.05) is 0 Å². The number of thiophene rings is 1. The van der Waals surface area contributed by atoms with Crippen molar-refractivity contribution >= 4 is 28.2 Å². The Kier molecular flexibility index (Phi) is 5.30. The van der Waals surface area contributed by atoms with E-state index in [0.29, 0.717) is 23.5 Å². The van der Waals surface area contributed by atoms with Gasteiger partial charge in [-0.2, -0.15) is 13.2 Å². The number of rotatable bonds is 4. The maximum absolute atomic E-state index is 13.0. The average molecular weight is 389 g/mol. The SMILES string of the molecule is C[C@@H](C(=O)Nc1sc2c(c1C(N)=O)CCC2)N1CCC[C@H](C(F)(F)F)C1. The van der Waals surface area contributed by atoms with Crippen molar-refractivity contribution in [1.82, 2.24) is 4.90 Å². The molecule has 0 unspecified atom stereocenters. The smallest absolute Gasteiger partial charge is 0.365 e. The van der Waals surface area contributed by atoms with E-state index in [9.17, 15) is 22.8 Å². The van der Waals surface area contributed by atoms with Gasteiger partial charge in [-0.15, -0.1) is 11.3 Å². The fourth-order valence-corrected chi connectivity index (χ4v) is 5.06. The predicted molar refractivity (Wildman–Crippen MR) is 93.3 cm³/mol. The molecule has 144 valence electrons. The summed E-state index contributed by atoms with van der Waals surface area (Å²) in [5.74, 6) is -2.39. The molecule has 9 heteroatoms. The summed E-state index contributed by atoms with van der Waals surface area (Å²) in [7, 11) is 0. The highest BCUT2D eigenvalue weighted by atomic mass is 32.1. The number of nitrogens with zero attached hydrogens (tertiary/aromatic N) is 1. The lowest BCUT2D eigenvalue weighted by molar-refractivity contribution is -0.188. The van der Waals surface area contributed by atoms with Gasteiger partial charge < -0.3 is 11.1 Å². The number of aryl methyl sites for hydroxylation is 1. The molecular weight excluding hydrogens is 367 g/mol. The normalized spacial score (nSPS) is 22.1. The number of amides is 2. The lowest BCUT2D eigenvalue weighted by Crippen LogP contribution is -2.49. The van der Waals surface area contributed by atoms with Crippen molar-refractivity contribution in [2.45, 2.75) is 51.2 Å². The Morgan fingerprint density at radius 1 is 1.31 bits per heavy atom. The minimum atomic E-state index is -4.25. The van der Waals surface area contributed by atoms with E-state index in [2.05, 4.69) is 5.32 Å². The van der Waals surface area contributed by atoms with Crippen molar-refractivity contribution < 1.29 is 22.8 Å². The number of anilines is 1. The van der Waals surface area contributed by atoms with Gasteiger partial charge in [0.05, 0.1) is 17.5 Å². The van der Waals surface area contributed by atoms with Crippen molar-refractivity contribution in [3.05, 3.63) is 16.0 Å². The molecule has 0 spiro atoms. The van der Waals surface area contributed by atoms with E-state index in [1.807, 2.05) is 0 Å². The van der Waals surface area contributed by atoms with Crippen LogP contribution >= 0.6 is 11.3 Å². The zero-order valence-electron chi connectivity index (χ0n) is 14.5. The molecule has 1 fully saturated rings. The second kappa shape index (κ2) is 7.19. The van der Waals surface area contributed by atoms with Gasteiger partial charge >= 0.3 is 6.18 Å². The molecule has 26 heavy (non-hydrogen) atoms. The first kappa shape index (κ1) is 19.2. The van der Waals surface area contributed by atoms with Crippen LogP contribution in [0, 0.1) is 5.92 Å².